The molecule has 0 bridgehead atoms. The summed E-state index contributed by atoms with van der Waals surface area (Å²) in [4.78, 5) is 48.0. The quantitative estimate of drug-likeness (QED) is 0.468. The second-order valence-electron chi connectivity index (χ2n) is 7.10. The van der Waals surface area contributed by atoms with Crippen LogP contribution in [-0.2, 0) is 11.3 Å². The minimum Gasteiger partial charge on any atom is -0.447 e. The van der Waals surface area contributed by atoms with Gasteiger partial charge >= 0.3 is 11.7 Å². The normalized spacial score (nSPS) is 11.9. The number of aromatic amines is 1. The third-order valence-electron chi connectivity index (χ3n) is 4.85. The van der Waals surface area contributed by atoms with Crippen LogP contribution in [0.5, 0.6) is 0 Å². The van der Waals surface area contributed by atoms with Crippen molar-refractivity contribution in [1.82, 2.24) is 19.5 Å². The molecule has 3 heterocycles. The van der Waals surface area contributed by atoms with Gasteiger partial charge in [0.05, 0.1) is 16.6 Å². The zero-order valence-corrected chi connectivity index (χ0v) is 17.1. The van der Waals surface area contributed by atoms with Gasteiger partial charge in [0, 0.05) is 24.5 Å². The number of pyridine rings is 2. The highest BCUT2D eigenvalue weighted by Crippen LogP contribution is 2.26. The van der Waals surface area contributed by atoms with Crippen LogP contribution in [0.1, 0.15) is 41.1 Å². The Morgan fingerprint density at radius 2 is 2.00 bits per heavy atom. The van der Waals surface area contributed by atoms with Crippen LogP contribution in [0, 0.1) is 5.82 Å². The summed E-state index contributed by atoms with van der Waals surface area (Å²) in [6, 6.07) is 12.1. The number of fused-ring (bicyclic) bond motifs is 1. The van der Waals surface area contributed by atoms with Crippen LogP contribution in [0.3, 0.4) is 0 Å². The number of aromatic nitrogens is 4. The van der Waals surface area contributed by atoms with Gasteiger partial charge in [-0.25, -0.2) is 19.0 Å². The van der Waals surface area contributed by atoms with Crippen LogP contribution in [0.2, 0.25) is 0 Å². The molecule has 32 heavy (non-hydrogen) atoms. The first-order chi connectivity index (χ1) is 15.5. The van der Waals surface area contributed by atoms with Gasteiger partial charge in [-0.3, -0.25) is 19.3 Å². The first-order valence-electron chi connectivity index (χ1n) is 9.98. The van der Waals surface area contributed by atoms with Crippen LogP contribution < -0.4 is 11.2 Å². The largest absolute Gasteiger partial charge is 0.447 e. The number of hydrogen-bond acceptors (Lipinski definition) is 6. The third-order valence-corrected chi connectivity index (χ3v) is 4.85. The maximum atomic E-state index is 13.8. The number of esters is 1. The van der Waals surface area contributed by atoms with Gasteiger partial charge in [-0.15, -0.1) is 0 Å². The Labute approximate surface area is 181 Å². The lowest BCUT2D eigenvalue weighted by Crippen LogP contribution is -2.31. The van der Waals surface area contributed by atoms with Crippen molar-refractivity contribution in [2.75, 3.05) is 0 Å². The lowest BCUT2D eigenvalue weighted by Gasteiger charge is -2.18. The Bertz CT molecular complexity index is 1400. The van der Waals surface area contributed by atoms with E-state index in [-0.39, 0.29) is 16.6 Å². The van der Waals surface area contributed by atoms with Gasteiger partial charge in [0.25, 0.3) is 5.56 Å². The molecule has 1 atom stereocenters. The highest BCUT2D eigenvalue weighted by Gasteiger charge is 2.23. The Kier molecular flexibility index (Phi) is 5.89. The minimum absolute atomic E-state index is 0.0158. The Balaban J connectivity index is 1.74. The summed E-state index contributed by atoms with van der Waals surface area (Å²) in [6.45, 7) is 2.25. The molecule has 0 radical (unpaired) electrons. The highest BCUT2D eigenvalue weighted by atomic mass is 19.1. The second-order valence-corrected chi connectivity index (χ2v) is 7.10. The van der Waals surface area contributed by atoms with Gasteiger partial charge in [-0.1, -0.05) is 25.1 Å². The van der Waals surface area contributed by atoms with E-state index < -0.39 is 29.1 Å². The van der Waals surface area contributed by atoms with Crippen LogP contribution in [-0.4, -0.2) is 25.5 Å². The molecule has 1 aromatic carbocycles. The van der Waals surface area contributed by atoms with Crippen molar-refractivity contribution in [2.24, 2.45) is 0 Å². The molecule has 3 aromatic heterocycles. The molecule has 0 saturated heterocycles. The topological polar surface area (TPSA) is 107 Å². The van der Waals surface area contributed by atoms with E-state index in [9.17, 15) is 18.8 Å². The number of nitrogens with one attached hydrogen (secondary N) is 1. The van der Waals surface area contributed by atoms with E-state index in [1.165, 1.54) is 35.0 Å². The van der Waals surface area contributed by atoms with Gasteiger partial charge < -0.3 is 4.74 Å². The molecule has 4 rings (SSSR count). The van der Waals surface area contributed by atoms with E-state index in [1.54, 1.807) is 30.5 Å². The fourth-order valence-corrected chi connectivity index (χ4v) is 3.39. The molecular formula is C23H19FN4O4. The zero-order valence-electron chi connectivity index (χ0n) is 17.1. The van der Waals surface area contributed by atoms with Crippen molar-refractivity contribution in [2.45, 2.75) is 26.0 Å². The van der Waals surface area contributed by atoms with Crippen molar-refractivity contribution < 1.29 is 13.9 Å². The molecule has 4 aromatic rings. The van der Waals surface area contributed by atoms with Crippen molar-refractivity contribution in [3.63, 3.8) is 0 Å². The van der Waals surface area contributed by atoms with E-state index in [4.69, 9.17) is 4.74 Å². The van der Waals surface area contributed by atoms with Crippen LogP contribution >= 0.6 is 0 Å². The molecule has 0 aliphatic carbocycles. The lowest BCUT2D eigenvalue weighted by molar-refractivity contribution is 0.0370. The average Bonchev–Trinajstić information content (AvgIpc) is 2.80. The van der Waals surface area contributed by atoms with E-state index in [2.05, 4.69) is 15.0 Å². The molecule has 1 N–H and O–H groups in total. The first kappa shape index (κ1) is 21.1. The number of nitrogens with zero attached hydrogens (tertiary/aromatic N) is 3. The maximum absolute atomic E-state index is 13.8. The Morgan fingerprint density at radius 1 is 1.16 bits per heavy atom. The monoisotopic (exact) mass is 434 g/mol. The molecule has 0 amide bonds. The minimum atomic E-state index is -0.970. The number of aryl methyl sites for hydroxylation is 1. The number of halogens is 1. The molecule has 9 heteroatoms. The van der Waals surface area contributed by atoms with Crippen LogP contribution in [0.25, 0.3) is 11.0 Å². The maximum Gasteiger partial charge on any atom is 0.340 e. The summed E-state index contributed by atoms with van der Waals surface area (Å²) in [7, 11) is 0. The van der Waals surface area contributed by atoms with Gasteiger partial charge in [0.1, 0.15) is 11.5 Å². The molecule has 0 aliphatic rings. The summed E-state index contributed by atoms with van der Waals surface area (Å²) in [5, 5.41) is 0.0904. The predicted octanol–water partition coefficient (Wildman–Crippen LogP) is 2.98. The summed E-state index contributed by atoms with van der Waals surface area (Å²) in [5.74, 6) is -1.25. The number of benzene rings is 1. The molecular weight excluding hydrogens is 415 g/mol. The highest BCUT2D eigenvalue weighted by molar-refractivity contribution is 5.93. The van der Waals surface area contributed by atoms with Gasteiger partial charge in [-0.05, 0) is 36.8 Å². The summed E-state index contributed by atoms with van der Waals surface area (Å²) >= 11 is 0. The lowest BCUT2D eigenvalue weighted by atomic mass is 10.1. The number of carbonyl (C=O) groups is 1. The molecule has 1 unspecified atom stereocenters. The van der Waals surface area contributed by atoms with Crippen molar-refractivity contribution in [1.29, 1.82) is 0 Å². The third kappa shape index (κ3) is 4.18. The fourth-order valence-electron chi connectivity index (χ4n) is 3.39. The van der Waals surface area contributed by atoms with Crippen molar-refractivity contribution in [3.05, 3.63) is 104 Å². The van der Waals surface area contributed by atoms with Gasteiger partial charge in [-0.2, -0.15) is 0 Å². The molecule has 0 saturated carbocycles. The average molecular weight is 434 g/mol. The molecule has 0 fully saturated rings. The number of hydrogen-bond donors (Lipinski definition) is 1. The van der Waals surface area contributed by atoms with Crippen LogP contribution in [0.15, 0.2) is 70.5 Å². The van der Waals surface area contributed by atoms with E-state index in [0.717, 1.165) is 0 Å². The van der Waals surface area contributed by atoms with Crippen molar-refractivity contribution >= 4 is 17.0 Å². The molecule has 0 spiro atoms. The van der Waals surface area contributed by atoms with E-state index in [1.807, 2.05) is 6.92 Å². The number of ether oxygens (including phenoxy) is 1. The standard InChI is InChI=1S/C23H19FN4O4/c1-2-10-28-20-17(21(29)27-23(28)31)12-15(13-26-20)22(30)32-19(18-8-3-4-9-25-18)14-6-5-7-16(24)11-14/h3-9,11-13,19H,2,10H2,1H3,(H,27,29,31). The summed E-state index contributed by atoms with van der Waals surface area (Å²) in [5.41, 5.74) is -0.194. The second kappa shape index (κ2) is 8.93. The molecule has 8 nitrogen and oxygen atoms in total. The Hall–Kier alpha value is -4.14. The van der Waals surface area contributed by atoms with Gasteiger partial charge in [0.15, 0.2) is 6.10 Å². The zero-order chi connectivity index (χ0) is 22.7. The van der Waals surface area contributed by atoms with Crippen LogP contribution in [0.4, 0.5) is 4.39 Å². The fraction of sp³-hybridized carbons (Fsp3) is 0.174. The summed E-state index contributed by atoms with van der Waals surface area (Å²) < 4.78 is 20.8. The number of H-pyrrole nitrogens is 1. The Morgan fingerprint density at radius 3 is 2.72 bits per heavy atom. The molecule has 0 aliphatic heterocycles. The van der Waals surface area contributed by atoms with Gasteiger partial charge in [0.2, 0.25) is 0 Å². The summed E-state index contributed by atoms with van der Waals surface area (Å²) in [6.07, 6.45) is 2.48. The smallest absolute Gasteiger partial charge is 0.340 e. The number of carbonyl (C=O) groups excluding carboxylic acids is 1. The van der Waals surface area contributed by atoms with E-state index >= 15 is 0 Å². The van der Waals surface area contributed by atoms with Crippen molar-refractivity contribution in [3.8, 4) is 0 Å². The molecule has 162 valence electrons. The first-order valence-corrected chi connectivity index (χ1v) is 9.98. The number of rotatable bonds is 6. The van der Waals surface area contributed by atoms with E-state index in [0.29, 0.717) is 24.2 Å². The SMILES string of the molecule is CCCn1c(=O)[nH]c(=O)c2cc(C(=O)OC(c3cccc(F)c3)c3ccccn3)cnc21. The predicted molar refractivity (Wildman–Crippen MR) is 115 cm³/mol.